The molecule has 300 valence electrons. The summed E-state index contributed by atoms with van der Waals surface area (Å²) in [6.07, 6.45) is 0.256. The van der Waals surface area contributed by atoms with Crippen LogP contribution in [0.1, 0.15) is 69.4 Å². The number of nitrogens with zero attached hydrogens (tertiary/aromatic N) is 7. The van der Waals surface area contributed by atoms with Gasteiger partial charge in [-0.05, 0) is 49.1 Å². The maximum Gasteiger partial charge on any atom is 0.248 e. The number of rotatable bonds is 16. The third-order valence-corrected chi connectivity index (χ3v) is 11.8. The molecule has 3 N–H and O–H groups in total. The van der Waals surface area contributed by atoms with Crippen LogP contribution in [0.15, 0.2) is 59.3 Å². The van der Waals surface area contributed by atoms with Crippen molar-refractivity contribution in [2.24, 2.45) is 17.8 Å². The summed E-state index contributed by atoms with van der Waals surface area (Å²) in [6, 6.07) is 14.6. The largest absolute Gasteiger partial charge is 0.416 e. The van der Waals surface area contributed by atoms with Crippen molar-refractivity contribution in [1.29, 1.82) is 0 Å². The molecule has 0 radical (unpaired) electrons. The van der Waals surface area contributed by atoms with Crippen molar-refractivity contribution in [2.45, 2.75) is 85.9 Å². The fourth-order valence-electron chi connectivity index (χ4n) is 6.51. The Morgan fingerprint density at radius 2 is 1.75 bits per heavy atom. The van der Waals surface area contributed by atoms with Gasteiger partial charge in [-0.25, -0.2) is 11.6 Å². The van der Waals surface area contributed by atoms with E-state index < -0.39 is 26.8 Å². The highest BCUT2D eigenvalue weighted by Gasteiger charge is 2.40. The van der Waals surface area contributed by atoms with Gasteiger partial charge < -0.3 is 39.0 Å². The molecule has 3 aromatic heterocycles. The number of fused-ring (bicyclic) bond motifs is 1. The van der Waals surface area contributed by atoms with Crippen molar-refractivity contribution in [2.75, 3.05) is 29.1 Å². The second-order valence-electron chi connectivity index (χ2n) is 14.7. The Bertz CT molecular complexity index is 2240. The summed E-state index contributed by atoms with van der Waals surface area (Å²) in [5.41, 5.74) is 2.95. The molecule has 1 aliphatic heterocycles. The summed E-state index contributed by atoms with van der Waals surface area (Å²) in [7, 11) is -1.42. The summed E-state index contributed by atoms with van der Waals surface area (Å²) >= 11 is 0. The Morgan fingerprint density at radius 1 is 1.02 bits per heavy atom. The quantitative estimate of drug-likeness (QED) is 0.0492. The lowest BCUT2D eigenvalue weighted by atomic mass is 10.00. The van der Waals surface area contributed by atoms with Crippen molar-refractivity contribution < 1.29 is 29.2 Å². The van der Waals surface area contributed by atoms with Gasteiger partial charge in [0.2, 0.25) is 36.1 Å². The number of hydrogen-bond donors (Lipinski definition) is 3. The molecule has 1 fully saturated rings. The molecule has 4 heterocycles. The zero-order chi connectivity index (χ0) is 41.5. The first-order chi connectivity index (χ1) is 27.9. The molecule has 0 saturated carbocycles. The first kappa shape index (κ1) is 39.9. The number of benzene rings is 2. The first-order valence-corrected chi connectivity index (χ1v) is 20.1. The SMILES string of the molecule is [2H]C[C@H]1O[C@@H](n2cnc3c(NC(=O)C(C)C)nc(Nc4cc(-c5nnc(-c6ccccc6)o5)ccc4NC(C)=O)nc32)C[C@H]1OP(OCC[N+]#[C-])C(C(C)C)C(C)C. The Balaban J connectivity index is 1.36. The van der Waals surface area contributed by atoms with Crippen molar-refractivity contribution in [3.8, 4) is 22.9 Å². The second kappa shape index (κ2) is 18.3. The number of hydrogen-bond acceptors (Lipinski definition) is 12. The van der Waals surface area contributed by atoms with Gasteiger partial charge >= 0.3 is 0 Å². The minimum Gasteiger partial charge on any atom is -0.416 e. The van der Waals surface area contributed by atoms with Gasteiger partial charge in [-0.2, -0.15) is 9.97 Å². The maximum atomic E-state index is 13.1. The lowest BCUT2D eigenvalue weighted by Gasteiger charge is -2.33. The molecule has 2 aromatic carbocycles. The van der Waals surface area contributed by atoms with Crippen LogP contribution in [0.25, 0.3) is 38.9 Å². The van der Waals surface area contributed by atoms with E-state index in [4.69, 9.17) is 31.1 Å². The molecule has 0 aliphatic carbocycles. The number of imidazole rings is 1. The molecule has 0 bridgehead atoms. The predicted molar refractivity (Wildman–Crippen MR) is 218 cm³/mol. The van der Waals surface area contributed by atoms with E-state index in [2.05, 4.69) is 68.7 Å². The van der Waals surface area contributed by atoms with Crippen LogP contribution in [-0.2, 0) is 23.4 Å². The Hall–Kier alpha value is -5.33. The van der Waals surface area contributed by atoms with Gasteiger partial charge in [0.05, 0.1) is 29.9 Å². The normalized spacial score (nSPS) is 17.6. The average Bonchev–Trinajstić information content (AvgIpc) is 3.94. The minimum atomic E-state index is -1.42. The zero-order valence-corrected chi connectivity index (χ0v) is 34.0. The van der Waals surface area contributed by atoms with Gasteiger partial charge in [-0.1, -0.05) is 59.7 Å². The van der Waals surface area contributed by atoms with Gasteiger partial charge in [0.25, 0.3) is 0 Å². The highest BCUT2D eigenvalue weighted by Crippen LogP contribution is 2.53. The Morgan fingerprint density at radius 3 is 2.42 bits per heavy atom. The van der Waals surface area contributed by atoms with Gasteiger partial charge in [-0.3, -0.25) is 14.2 Å². The molecular formula is C40H49N10O6P. The van der Waals surface area contributed by atoms with Crippen LogP contribution >= 0.6 is 8.38 Å². The fourth-order valence-corrected chi connectivity index (χ4v) is 8.60. The molecule has 17 heteroatoms. The van der Waals surface area contributed by atoms with Crippen molar-refractivity contribution in [1.82, 2.24) is 29.7 Å². The van der Waals surface area contributed by atoms with Crippen LogP contribution in [0.2, 0.25) is 0 Å². The number of nitrogens with one attached hydrogen (secondary N) is 3. The van der Waals surface area contributed by atoms with E-state index in [9.17, 15) is 9.59 Å². The highest BCUT2D eigenvalue weighted by molar-refractivity contribution is 7.48. The summed E-state index contributed by atoms with van der Waals surface area (Å²) in [5.74, 6) is 0.448. The molecule has 1 unspecified atom stereocenters. The fraction of sp³-hybridized carbons (Fsp3) is 0.450. The average molecular weight is 798 g/mol. The van der Waals surface area contributed by atoms with Crippen molar-refractivity contribution in [3.63, 3.8) is 0 Å². The summed E-state index contributed by atoms with van der Waals surface area (Å²) in [4.78, 5) is 43.0. The molecule has 2 amide bonds. The monoisotopic (exact) mass is 797 g/mol. The van der Waals surface area contributed by atoms with Crippen LogP contribution in [0.3, 0.4) is 0 Å². The Kier molecular flexibility index (Phi) is 12.8. The van der Waals surface area contributed by atoms with Crippen LogP contribution in [-0.4, -0.2) is 72.5 Å². The summed E-state index contributed by atoms with van der Waals surface area (Å²) in [6.45, 7) is 21.2. The number of carbonyl (C=O) groups excluding carboxylic acids is 2. The maximum absolute atomic E-state index is 13.1. The van der Waals surface area contributed by atoms with Gasteiger partial charge in [0.1, 0.15) is 12.8 Å². The summed E-state index contributed by atoms with van der Waals surface area (Å²) < 4.78 is 35.5. The lowest BCUT2D eigenvalue weighted by molar-refractivity contribution is -0.119. The number of aromatic nitrogens is 6. The molecule has 16 nitrogen and oxygen atoms in total. The molecule has 0 spiro atoms. The number of amides is 2. The molecule has 5 aromatic rings. The lowest BCUT2D eigenvalue weighted by Crippen LogP contribution is -2.27. The van der Waals surface area contributed by atoms with E-state index in [-0.39, 0.29) is 72.9 Å². The van der Waals surface area contributed by atoms with E-state index in [0.29, 0.717) is 40.4 Å². The molecule has 6 rings (SSSR count). The van der Waals surface area contributed by atoms with Crippen molar-refractivity contribution >= 4 is 54.5 Å². The molecule has 57 heavy (non-hydrogen) atoms. The highest BCUT2D eigenvalue weighted by atomic mass is 31.2. The molecule has 1 aliphatic rings. The van der Waals surface area contributed by atoms with E-state index in [1.807, 2.05) is 30.3 Å². The van der Waals surface area contributed by atoms with E-state index in [0.717, 1.165) is 5.56 Å². The minimum absolute atomic E-state index is 0.0559. The van der Waals surface area contributed by atoms with Gasteiger partial charge in [0.15, 0.2) is 25.4 Å². The third kappa shape index (κ3) is 9.80. The standard InChI is InChI=1S/C40H49N10O6P/c1-22(2)34(23(3)4)57(53-18-17-41-9)56-31-20-32(54-25(31)7)50-21-42-33-35(45-37(52)24(5)6)46-40(47-36(33)50)44-30-19-28(15-16-29(30)43-26(8)51)39-49-48-38(55-39)27-13-11-10-12-14-27/h10-16,19,21-25,31-32,34H,17-18,20H2,1-8H3,(H,43,51)(H2,44,45,46,47,52)/t25-,31-,32-,57?/m1/s1/i7D. The molecule has 1 saturated heterocycles. The van der Waals surface area contributed by atoms with Crippen LogP contribution < -0.4 is 16.0 Å². The first-order valence-electron chi connectivity index (χ1n) is 19.6. The smallest absolute Gasteiger partial charge is 0.248 e. The van der Waals surface area contributed by atoms with E-state index >= 15 is 0 Å². The van der Waals surface area contributed by atoms with E-state index in [1.54, 1.807) is 42.9 Å². The van der Waals surface area contributed by atoms with E-state index in [1.165, 1.54) is 6.92 Å². The van der Waals surface area contributed by atoms with Gasteiger partial charge in [0, 0.05) is 37.4 Å². The second-order valence-corrected chi connectivity index (χ2v) is 16.3. The number of carbonyl (C=O) groups is 2. The van der Waals surface area contributed by atoms with Crippen LogP contribution in [0.4, 0.5) is 23.1 Å². The zero-order valence-electron chi connectivity index (χ0n) is 34.1. The van der Waals surface area contributed by atoms with Crippen LogP contribution in [0, 0.1) is 24.3 Å². The number of ether oxygens (including phenoxy) is 1. The topological polar surface area (TPSA) is 185 Å². The van der Waals surface area contributed by atoms with Gasteiger partial charge in [-0.15, -0.1) is 10.2 Å². The third-order valence-electron chi connectivity index (χ3n) is 9.22. The Labute approximate surface area is 334 Å². The predicted octanol–water partition coefficient (Wildman–Crippen LogP) is 8.46. The molecular weight excluding hydrogens is 747 g/mol. The van der Waals surface area contributed by atoms with Crippen LogP contribution in [0.5, 0.6) is 0 Å². The number of anilines is 4. The molecule has 4 atom stereocenters. The van der Waals surface area contributed by atoms with Crippen molar-refractivity contribution in [3.05, 3.63) is 66.3 Å². The summed E-state index contributed by atoms with van der Waals surface area (Å²) in [5, 5.41) is 17.4.